The fourth-order valence-corrected chi connectivity index (χ4v) is 4.33. The van der Waals surface area contributed by atoms with E-state index in [1.165, 1.54) is 0 Å². The van der Waals surface area contributed by atoms with Gasteiger partial charge in [-0.25, -0.2) is 4.98 Å². The molecule has 0 aliphatic carbocycles. The second-order valence-electron chi connectivity index (χ2n) is 10.5. The number of hydrogen-bond donors (Lipinski definition) is 3. The summed E-state index contributed by atoms with van der Waals surface area (Å²) in [5.41, 5.74) is 2.31. The molecule has 0 radical (unpaired) electrons. The maximum Gasteiger partial charge on any atom is 0.249 e. The minimum Gasteiger partial charge on any atom is -0.491 e. The normalized spacial score (nSPS) is 13.3. The van der Waals surface area contributed by atoms with E-state index in [2.05, 4.69) is 20.8 Å². The molecule has 0 bridgehead atoms. The molecule has 2 heterocycles. The molecule has 0 aliphatic heterocycles. The number of aliphatic hydroxyl groups excluding tert-OH is 1. The number of methoxy groups -OCH3 is 1. The van der Waals surface area contributed by atoms with Crippen molar-refractivity contribution >= 4 is 34.2 Å². The van der Waals surface area contributed by atoms with Crippen molar-refractivity contribution in [2.75, 3.05) is 32.2 Å². The van der Waals surface area contributed by atoms with Crippen molar-refractivity contribution in [2.24, 2.45) is 11.8 Å². The highest BCUT2D eigenvalue weighted by atomic mass is 16.5. The molecule has 2 atom stereocenters. The van der Waals surface area contributed by atoms with Gasteiger partial charge in [0.05, 0.1) is 23.7 Å². The van der Waals surface area contributed by atoms with Crippen LogP contribution in [0.15, 0.2) is 18.2 Å². The summed E-state index contributed by atoms with van der Waals surface area (Å²) in [6.45, 7) is 10.8. The number of benzene rings is 1. The second-order valence-corrected chi connectivity index (χ2v) is 10.5. The number of aromatic nitrogens is 4. The highest BCUT2D eigenvalue weighted by Gasteiger charge is 2.27. The average molecular weight is 543 g/mol. The molecular weight excluding hydrogens is 500 g/mol. The van der Waals surface area contributed by atoms with Gasteiger partial charge in [-0.05, 0) is 43.7 Å². The Balaban J connectivity index is 1.56. The van der Waals surface area contributed by atoms with Crippen LogP contribution in [0.4, 0.5) is 5.82 Å². The van der Waals surface area contributed by atoms with Gasteiger partial charge in [0.1, 0.15) is 24.3 Å². The summed E-state index contributed by atoms with van der Waals surface area (Å²) in [5, 5.41) is 24.7. The first-order valence-corrected chi connectivity index (χ1v) is 13.7. The van der Waals surface area contributed by atoms with Gasteiger partial charge in [0.2, 0.25) is 11.6 Å². The zero-order valence-electron chi connectivity index (χ0n) is 23.9. The van der Waals surface area contributed by atoms with Crippen LogP contribution >= 0.6 is 0 Å². The largest absolute Gasteiger partial charge is 0.491 e. The molecule has 39 heavy (non-hydrogen) atoms. The van der Waals surface area contributed by atoms with Crippen molar-refractivity contribution in [3.63, 3.8) is 0 Å². The number of ether oxygens (including phenoxy) is 2. The quantitative estimate of drug-likeness (QED) is 0.233. The van der Waals surface area contributed by atoms with Gasteiger partial charge in [0, 0.05) is 26.1 Å². The molecule has 11 nitrogen and oxygen atoms in total. The van der Waals surface area contributed by atoms with E-state index in [0.717, 1.165) is 29.7 Å². The maximum atomic E-state index is 12.8. The van der Waals surface area contributed by atoms with Crippen LogP contribution in [0.5, 0.6) is 5.75 Å². The molecule has 1 amide bonds. The fourth-order valence-electron chi connectivity index (χ4n) is 4.33. The van der Waals surface area contributed by atoms with Crippen molar-refractivity contribution in [1.29, 1.82) is 0 Å². The molecule has 3 rings (SSSR count). The number of carbonyl (C=O) groups is 2. The lowest BCUT2D eigenvalue weighted by molar-refractivity contribution is -0.135. The van der Waals surface area contributed by atoms with Gasteiger partial charge in [-0.2, -0.15) is 0 Å². The van der Waals surface area contributed by atoms with Gasteiger partial charge in [0.15, 0.2) is 11.6 Å². The van der Waals surface area contributed by atoms with Crippen LogP contribution < -0.4 is 15.4 Å². The van der Waals surface area contributed by atoms with Gasteiger partial charge in [0.25, 0.3) is 0 Å². The number of nitrogens with one attached hydrogen (secondary N) is 2. The van der Waals surface area contributed by atoms with Crippen LogP contribution in [0.2, 0.25) is 0 Å². The van der Waals surface area contributed by atoms with E-state index >= 15 is 0 Å². The maximum absolute atomic E-state index is 12.8. The number of amides is 1. The molecule has 0 unspecified atom stereocenters. The highest BCUT2D eigenvalue weighted by molar-refractivity contribution is 5.90. The Morgan fingerprint density at radius 3 is 2.51 bits per heavy atom. The molecule has 214 valence electrons. The molecular formula is C28H42N6O5. The molecule has 2 aromatic heterocycles. The van der Waals surface area contributed by atoms with Crippen molar-refractivity contribution in [3.8, 4) is 5.75 Å². The summed E-state index contributed by atoms with van der Waals surface area (Å²) >= 11 is 0. The molecule has 3 aromatic rings. The number of fused-ring (bicyclic) bond motifs is 3. The smallest absolute Gasteiger partial charge is 0.249 e. The van der Waals surface area contributed by atoms with E-state index in [0.29, 0.717) is 49.8 Å². The first-order chi connectivity index (χ1) is 18.6. The summed E-state index contributed by atoms with van der Waals surface area (Å²) in [6.07, 6.45) is 1.62. The third-order valence-electron chi connectivity index (χ3n) is 6.62. The molecule has 3 N–H and O–H groups in total. The van der Waals surface area contributed by atoms with E-state index in [-0.39, 0.29) is 17.6 Å². The second kappa shape index (κ2) is 14.2. The highest BCUT2D eigenvalue weighted by Crippen LogP contribution is 2.25. The predicted molar refractivity (Wildman–Crippen MR) is 150 cm³/mol. The van der Waals surface area contributed by atoms with E-state index in [1.807, 2.05) is 43.4 Å². The molecule has 0 saturated carbocycles. The topological polar surface area (TPSA) is 140 Å². The first-order valence-electron chi connectivity index (χ1n) is 13.7. The number of carbonyl (C=O) groups excluding carboxylic acids is 2. The summed E-state index contributed by atoms with van der Waals surface area (Å²) in [7, 11) is 1.63. The molecule has 1 aromatic carbocycles. The molecule has 0 spiro atoms. The summed E-state index contributed by atoms with van der Waals surface area (Å²) < 4.78 is 12.8. The van der Waals surface area contributed by atoms with Gasteiger partial charge in [-0.15, -0.1) is 10.2 Å². The Morgan fingerprint density at radius 2 is 1.82 bits per heavy atom. The third kappa shape index (κ3) is 7.86. The number of nitrogens with zero attached hydrogens (tertiary/aromatic N) is 4. The Bertz CT molecular complexity index is 1260. The van der Waals surface area contributed by atoms with Crippen LogP contribution in [0.1, 0.15) is 59.2 Å². The number of hydrogen-bond acceptors (Lipinski definition) is 9. The molecule has 0 fully saturated rings. The van der Waals surface area contributed by atoms with Gasteiger partial charge in [-0.1, -0.05) is 34.1 Å². The Hall–Kier alpha value is -3.31. The molecule has 0 saturated heterocycles. The predicted octanol–water partition coefficient (Wildman–Crippen LogP) is 3.31. The van der Waals surface area contributed by atoms with Crippen molar-refractivity contribution in [2.45, 2.75) is 72.4 Å². The van der Waals surface area contributed by atoms with Gasteiger partial charge in [-0.3, -0.25) is 14.0 Å². The van der Waals surface area contributed by atoms with Crippen LogP contribution in [0.3, 0.4) is 0 Å². The minimum atomic E-state index is -1.12. The van der Waals surface area contributed by atoms with E-state index in [4.69, 9.17) is 14.5 Å². The molecule has 0 aliphatic rings. The third-order valence-corrected chi connectivity index (χ3v) is 6.62. The number of Topliss-reactive ketones (excluding diaryl/α,β-unsaturated/α-hetero) is 1. The minimum absolute atomic E-state index is 0.0115. The lowest BCUT2D eigenvalue weighted by atomic mass is 9.95. The summed E-state index contributed by atoms with van der Waals surface area (Å²) in [4.78, 5) is 29.8. The van der Waals surface area contributed by atoms with Gasteiger partial charge < -0.3 is 25.2 Å². The Kier molecular flexibility index (Phi) is 11.0. The lowest BCUT2D eigenvalue weighted by Gasteiger charge is -2.24. The lowest BCUT2D eigenvalue weighted by Crippen LogP contribution is -2.49. The summed E-state index contributed by atoms with van der Waals surface area (Å²) in [5.74, 6) is 1.34. The summed E-state index contributed by atoms with van der Waals surface area (Å²) in [6, 6.07) is 5.14. The number of aliphatic hydroxyl groups is 1. The fraction of sp³-hybridized carbons (Fsp3) is 0.607. The Labute approximate surface area is 229 Å². The van der Waals surface area contributed by atoms with Crippen molar-refractivity contribution < 1.29 is 24.2 Å². The standard InChI is InChI=1S/C28H42N6O5/c1-17(2)24(31-28(37)25(36)18(3)4)23(35)10-8-7-9-13-29-26-27-33-32-19(5)34(27)22-12-11-20(16-21(22)30-26)39-15-14-38-6/h11-12,16-18,24-25,36H,7-10,13-15H2,1-6H3,(H,29,30)(H,31,37)/t24-,25+/m0/s1. The van der Waals surface area contributed by atoms with Crippen LogP contribution in [-0.4, -0.2) is 75.4 Å². The number of aryl methyl sites for hydroxylation is 1. The van der Waals surface area contributed by atoms with Crippen molar-refractivity contribution in [3.05, 3.63) is 24.0 Å². The molecule has 11 heteroatoms. The van der Waals surface area contributed by atoms with E-state index in [1.54, 1.807) is 21.0 Å². The van der Waals surface area contributed by atoms with Gasteiger partial charge >= 0.3 is 0 Å². The SMILES string of the molecule is COCCOc1ccc2c(c1)nc(NCCCCCC(=O)[C@@H](NC(=O)[C@H](O)C(C)C)C(C)C)c1nnc(C)n12. The van der Waals surface area contributed by atoms with E-state index in [9.17, 15) is 14.7 Å². The zero-order valence-corrected chi connectivity index (χ0v) is 23.9. The van der Waals surface area contributed by atoms with Crippen LogP contribution in [0, 0.1) is 18.8 Å². The van der Waals surface area contributed by atoms with Crippen molar-refractivity contribution in [1.82, 2.24) is 24.9 Å². The Morgan fingerprint density at radius 1 is 1.05 bits per heavy atom. The monoisotopic (exact) mass is 542 g/mol. The van der Waals surface area contributed by atoms with E-state index < -0.39 is 18.1 Å². The number of unbranched alkanes of at least 4 members (excludes halogenated alkanes) is 2. The van der Waals surface area contributed by atoms with Crippen LogP contribution in [0.25, 0.3) is 16.7 Å². The number of ketones is 1. The zero-order chi connectivity index (χ0) is 28.5. The first kappa shape index (κ1) is 30.2. The van der Waals surface area contributed by atoms with Crippen LogP contribution in [-0.2, 0) is 14.3 Å². The number of rotatable bonds is 16. The average Bonchev–Trinajstić information content (AvgIpc) is 3.30. The number of anilines is 1.